The summed E-state index contributed by atoms with van der Waals surface area (Å²) in [6, 6.07) is 7.61. The van der Waals surface area contributed by atoms with E-state index in [1.165, 1.54) is 24.4 Å². The molecule has 7 heteroatoms. The van der Waals surface area contributed by atoms with E-state index in [0.717, 1.165) is 4.47 Å². The number of halogens is 3. The van der Waals surface area contributed by atoms with E-state index in [1.807, 2.05) is 0 Å². The number of aromatic hydroxyl groups is 1. The van der Waals surface area contributed by atoms with Crippen molar-refractivity contribution in [2.45, 2.75) is 0 Å². The van der Waals surface area contributed by atoms with Crippen LogP contribution in [0, 0.1) is 0 Å². The summed E-state index contributed by atoms with van der Waals surface area (Å²) >= 11 is 12.5. The molecule has 0 amide bonds. The average Bonchev–Trinajstić information content (AvgIpc) is 2.42. The number of rotatable bonds is 3. The maximum Gasteiger partial charge on any atom is 0.335 e. The van der Waals surface area contributed by atoms with Gasteiger partial charge >= 0.3 is 5.97 Å². The van der Waals surface area contributed by atoms with Gasteiger partial charge in [0, 0.05) is 16.3 Å². The monoisotopic (exact) mass is 431 g/mol. The highest BCUT2D eigenvalue weighted by Gasteiger charge is 2.08. The summed E-state index contributed by atoms with van der Waals surface area (Å²) in [6.07, 6.45) is 1.41. The molecule has 0 saturated heterocycles. The van der Waals surface area contributed by atoms with Gasteiger partial charge in [-0.1, -0.05) is 27.5 Å². The second kappa shape index (κ2) is 6.60. The van der Waals surface area contributed by atoms with Gasteiger partial charge in [0.05, 0.1) is 20.7 Å². The Balaban J connectivity index is 2.42. The maximum absolute atomic E-state index is 10.9. The van der Waals surface area contributed by atoms with Gasteiger partial charge in [-0.3, -0.25) is 4.99 Å². The minimum absolute atomic E-state index is 0.0347. The van der Waals surface area contributed by atoms with Gasteiger partial charge in [-0.25, -0.2) is 4.79 Å². The Morgan fingerprint density at radius 3 is 2.62 bits per heavy atom. The molecule has 2 N–H and O–H groups in total. The molecule has 0 saturated carbocycles. The minimum atomic E-state index is -1.06. The van der Waals surface area contributed by atoms with Crippen LogP contribution >= 0.6 is 43.5 Å². The molecule has 0 heterocycles. The Hall–Kier alpha value is -1.37. The predicted octanol–water partition coefficient (Wildman–Crippen LogP) is 5.02. The van der Waals surface area contributed by atoms with Crippen LogP contribution in [-0.4, -0.2) is 22.4 Å². The highest BCUT2D eigenvalue weighted by molar-refractivity contribution is 9.11. The molecule has 2 aromatic carbocycles. The molecule has 108 valence electrons. The first kappa shape index (κ1) is 16.0. The van der Waals surface area contributed by atoms with Crippen molar-refractivity contribution in [1.82, 2.24) is 0 Å². The lowest BCUT2D eigenvalue weighted by Crippen LogP contribution is -1.95. The summed E-state index contributed by atoms with van der Waals surface area (Å²) < 4.78 is 1.28. The van der Waals surface area contributed by atoms with E-state index in [2.05, 4.69) is 36.9 Å². The summed E-state index contributed by atoms with van der Waals surface area (Å²) in [5.74, 6) is -1.02. The molecule has 21 heavy (non-hydrogen) atoms. The van der Waals surface area contributed by atoms with E-state index >= 15 is 0 Å². The first-order chi connectivity index (χ1) is 9.88. The van der Waals surface area contributed by atoms with Gasteiger partial charge in [-0.15, -0.1) is 0 Å². The quantitative estimate of drug-likeness (QED) is 0.668. The van der Waals surface area contributed by atoms with Gasteiger partial charge in [-0.2, -0.15) is 0 Å². The highest BCUT2D eigenvalue weighted by atomic mass is 79.9. The summed E-state index contributed by atoms with van der Waals surface area (Å²) in [4.78, 5) is 15.1. The Kier molecular flexibility index (Phi) is 5.03. The van der Waals surface area contributed by atoms with E-state index in [9.17, 15) is 9.90 Å². The Labute approximate surface area is 142 Å². The van der Waals surface area contributed by atoms with Crippen LogP contribution in [-0.2, 0) is 0 Å². The Morgan fingerprint density at radius 2 is 1.95 bits per heavy atom. The molecule has 2 rings (SSSR count). The zero-order chi connectivity index (χ0) is 15.6. The van der Waals surface area contributed by atoms with Gasteiger partial charge in [0.2, 0.25) is 0 Å². The number of carbonyl (C=O) groups is 1. The third-order valence-electron chi connectivity index (χ3n) is 2.59. The van der Waals surface area contributed by atoms with Crippen LogP contribution in [0.2, 0.25) is 5.02 Å². The summed E-state index contributed by atoms with van der Waals surface area (Å²) in [6.45, 7) is 0. The fourth-order valence-electron chi connectivity index (χ4n) is 1.57. The maximum atomic E-state index is 10.9. The van der Waals surface area contributed by atoms with E-state index in [1.54, 1.807) is 12.1 Å². The third-order valence-corrected chi connectivity index (χ3v) is 3.98. The van der Waals surface area contributed by atoms with Crippen LogP contribution in [0.3, 0.4) is 0 Å². The van der Waals surface area contributed by atoms with Gasteiger partial charge in [0.15, 0.2) is 0 Å². The van der Waals surface area contributed by atoms with E-state index < -0.39 is 5.97 Å². The molecule has 0 fully saturated rings. The molecule has 0 aliphatic carbocycles. The number of aromatic carboxylic acids is 1. The molecule has 2 aromatic rings. The molecule has 0 atom stereocenters. The predicted molar refractivity (Wildman–Crippen MR) is 89.2 cm³/mol. The SMILES string of the molecule is O=C(O)c1ccc(Cl)c(N=Cc2cc(Br)cc(Br)c2O)c1. The van der Waals surface area contributed by atoms with Crippen LogP contribution in [0.4, 0.5) is 5.69 Å². The smallest absolute Gasteiger partial charge is 0.335 e. The number of carboxylic acids is 1. The summed E-state index contributed by atoms with van der Waals surface area (Å²) in [5.41, 5.74) is 0.867. The lowest BCUT2D eigenvalue weighted by molar-refractivity contribution is 0.0697. The fraction of sp³-hybridized carbons (Fsp3) is 0. The molecular weight excluding hydrogens is 425 g/mol. The number of carboxylic acid groups (broad SMARTS) is 1. The summed E-state index contributed by atoms with van der Waals surface area (Å²) in [5, 5.41) is 19.2. The first-order valence-corrected chi connectivity index (χ1v) is 7.60. The number of nitrogens with zero attached hydrogens (tertiary/aromatic N) is 1. The van der Waals surface area contributed by atoms with Crippen molar-refractivity contribution in [3.05, 3.63) is 55.4 Å². The number of benzene rings is 2. The molecule has 0 radical (unpaired) electrons. The van der Waals surface area contributed by atoms with Crippen LogP contribution in [0.15, 0.2) is 44.3 Å². The molecule has 0 aliphatic rings. The van der Waals surface area contributed by atoms with E-state index in [4.69, 9.17) is 16.7 Å². The fourth-order valence-corrected chi connectivity index (χ4v) is 2.99. The van der Waals surface area contributed by atoms with Gasteiger partial charge in [0.25, 0.3) is 0 Å². The highest BCUT2D eigenvalue weighted by Crippen LogP contribution is 2.32. The van der Waals surface area contributed by atoms with Crippen molar-refractivity contribution in [1.29, 1.82) is 0 Å². The molecule has 4 nitrogen and oxygen atoms in total. The number of aliphatic imine (C=N–C) groups is 1. The minimum Gasteiger partial charge on any atom is -0.506 e. The molecule has 0 bridgehead atoms. The largest absolute Gasteiger partial charge is 0.506 e. The van der Waals surface area contributed by atoms with Crippen LogP contribution < -0.4 is 0 Å². The lowest BCUT2D eigenvalue weighted by Gasteiger charge is -2.04. The Bertz CT molecular complexity index is 747. The second-order valence-electron chi connectivity index (χ2n) is 4.05. The number of hydrogen-bond acceptors (Lipinski definition) is 3. The molecule has 0 spiro atoms. The summed E-state index contributed by atoms with van der Waals surface area (Å²) in [7, 11) is 0. The average molecular weight is 433 g/mol. The molecule has 0 aliphatic heterocycles. The zero-order valence-electron chi connectivity index (χ0n) is 10.3. The van der Waals surface area contributed by atoms with Gasteiger partial charge in [-0.05, 0) is 46.3 Å². The second-order valence-corrected chi connectivity index (χ2v) is 6.23. The molecule has 0 aromatic heterocycles. The van der Waals surface area contributed by atoms with Gasteiger partial charge in [0.1, 0.15) is 5.75 Å². The van der Waals surface area contributed by atoms with Crippen molar-refractivity contribution in [2.24, 2.45) is 4.99 Å². The lowest BCUT2D eigenvalue weighted by atomic mass is 10.2. The zero-order valence-corrected chi connectivity index (χ0v) is 14.3. The first-order valence-electron chi connectivity index (χ1n) is 5.63. The van der Waals surface area contributed by atoms with Gasteiger partial charge < -0.3 is 10.2 Å². The van der Waals surface area contributed by atoms with Crippen molar-refractivity contribution >= 4 is 61.3 Å². The van der Waals surface area contributed by atoms with E-state index in [0.29, 0.717) is 20.7 Å². The van der Waals surface area contributed by atoms with Crippen molar-refractivity contribution in [3.8, 4) is 5.75 Å². The number of phenols is 1. The van der Waals surface area contributed by atoms with Crippen molar-refractivity contribution < 1.29 is 15.0 Å². The van der Waals surface area contributed by atoms with E-state index in [-0.39, 0.29) is 11.3 Å². The van der Waals surface area contributed by atoms with Crippen molar-refractivity contribution in [2.75, 3.05) is 0 Å². The molecule has 0 unspecified atom stereocenters. The normalized spacial score (nSPS) is 11.0. The topological polar surface area (TPSA) is 69.9 Å². The number of phenolic OH excluding ortho intramolecular Hbond substituents is 1. The van der Waals surface area contributed by atoms with Crippen molar-refractivity contribution in [3.63, 3.8) is 0 Å². The standard InChI is InChI=1S/C14H8Br2ClNO3/c15-9-3-8(13(19)10(16)5-9)6-18-12-4-7(14(20)21)1-2-11(12)17/h1-6,19H,(H,20,21). The van der Waals surface area contributed by atoms with Crippen LogP contribution in [0.5, 0.6) is 5.75 Å². The molecular formula is C14H8Br2ClNO3. The number of hydrogen-bond donors (Lipinski definition) is 2. The van der Waals surface area contributed by atoms with Crippen LogP contribution in [0.25, 0.3) is 0 Å². The van der Waals surface area contributed by atoms with Crippen LogP contribution in [0.1, 0.15) is 15.9 Å². The Morgan fingerprint density at radius 1 is 1.24 bits per heavy atom. The third kappa shape index (κ3) is 3.84.